The number of nitrogens with two attached hydrogens (primary N) is 1. The zero-order valence-electron chi connectivity index (χ0n) is 13.8. The molecule has 0 bridgehead atoms. The zero-order chi connectivity index (χ0) is 17.8. The molecule has 25 heavy (non-hydrogen) atoms. The van der Waals surface area contributed by atoms with E-state index in [0.717, 1.165) is 16.5 Å². The Balaban J connectivity index is 1.65. The van der Waals surface area contributed by atoms with Crippen LogP contribution < -0.4 is 16.4 Å². The summed E-state index contributed by atoms with van der Waals surface area (Å²) in [6.45, 7) is 2.20. The first kappa shape index (κ1) is 16.6. The second-order valence-electron chi connectivity index (χ2n) is 5.80. The first-order valence-corrected chi connectivity index (χ1v) is 7.94. The van der Waals surface area contributed by atoms with E-state index in [0.29, 0.717) is 17.9 Å². The highest BCUT2D eigenvalue weighted by Crippen LogP contribution is 2.23. The number of amides is 3. The van der Waals surface area contributed by atoms with Gasteiger partial charge in [0.1, 0.15) is 11.3 Å². The van der Waals surface area contributed by atoms with Crippen LogP contribution in [-0.2, 0) is 6.54 Å². The van der Waals surface area contributed by atoms with Gasteiger partial charge in [0.15, 0.2) is 0 Å². The summed E-state index contributed by atoms with van der Waals surface area (Å²) in [6.07, 6.45) is 0. The van der Waals surface area contributed by atoms with E-state index < -0.39 is 6.03 Å². The molecule has 0 saturated heterocycles. The van der Waals surface area contributed by atoms with Crippen molar-refractivity contribution in [2.75, 3.05) is 0 Å². The molecule has 1 unspecified atom stereocenters. The normalized spacial score (nSPS) is 11.9. The lowest BCUT2D eigenvalue weighted by Gasteiger charge is -2.11. The van der Waals surface area contributed by atoms with Crippen molar-refractivity contribution in [3.8, 4) is 0 Å². The Morgan fingerprint density at radius 2 is 1.84 bits per heavy atom. The molecule has 0 aliphatic rings. The average Bonchev–Trinajstić information content (AvgIpc) is 3.04. The van der Waals surface area contributed by atoms with Crippen LogP contribution >= 0.6 is 0 Å². The third kappa shape index (κ3) is 3.98. The number of benzene rings is 2. The summed E-state index contributed by atoms with van der Waals surface area (Å²) in [5, 5.41) is 6.43. The van der Waals surface area contributed by atoms with Gasteiger partial charge in [0.25, 0.3) is 5.91 Å². The quantitative estimate of drug-likeness (QED) is 0.667. The van der Waals surface area contributed by atoms with Crippen molar-refractivity contribution >= 4 is 22.9 Å². The summed E-state index contributed by atoms with van der Waals surface area (Å²) in [5.74, 6) is 0.513. The fraction of sp³-hybridized carbons (Fsp3) is 0.158. The predicted octanol–water partition coefficient (Wildman–Crippen LogP) is 3.09. The minimum Gasteiger partial charge on any atom is -0.459 e. The van der Waals surface area contributed by atoms with Crippen molar-refractivity contribution in [1.82, 2.24) is 10.6 Å². The monoisotopic (exact) mass is 337 g/mol. The maximum Gasteiger partial charge on any atom is 0.312 e. The zero-order valence-corrected chi connectivity index (χ0v) is 13.8. The van der Waals surface area contributed by atoms with Gasteiger partial charge >= 0.3 is 6.03 Å². The first-order valence-electron chi connectivity index (χ1n) is 7.94. The Morgan fingerprint density at radius 1 is 1.12 bits per heavy atom. The molecule has 0 aliphatic heterocycles. The van der Waals surface area contributed by atoms with Crippen LogP contribution in [0.2, 0.25) is 0 Å². The number of fused-ring (bicyclic) bond motifs is 1. The number of hydrogen-bond acceptors (Lipinski definition) is 3. The minimum absolute atomic E-state index is 0.192. The van der Waals surface area contributed by atoms with E-state index in [1.54, 1.807) is 24.3 Å². The smallest absolute Gasteiger partial charge is 0.312 e. The minimum atomic E-state index is -0.582. The van der Waals surface area contributed by atoms with Gasteiger partial charge in [0, 0.05) is 17.5 Å². The van der Waals surface area contributed by atoms with E-state index in [2.05, 4.69) is 10.6 Å². The number of furan rings is 1. The molecule has 1 heterocycles. The van der Waals surface area contributed by atoms with Gasteiger partial charge in [-0.3, -0.25) is 4.79 Å². The molecule has 6 heteroatoms. The van der Waals surface area contributed by atoms with Gasteiger partial charge in [-0.15, -0.1) is 0 Å². The summed E-state index contributed by atoms with van der Waals surface area (Å²) in [6, 6.07) is 15.8. The van der Waals surface area contributed by atoms with Crippen molar-refractivity contribution in [1.29, 1.82) is 0 Å². The Hall–Kier alpha value is -3.28. The van der Waals surface area contributed by atoms with Gasteiger partial charge in [-0.2, -0.15) is 0 Å². The highest BCUT2D eigenvalue weighted by atomic mass is 16.3. The Morgan fingerprint density at radius 3 is 2.52 bits per heavy atom. The van der Waals surface area contributed by atoms with Crippen molar-refractivity contribution in [2.45, 2.75) is 19.5 Å². The van der Waals surface area contributed by atoms with Crippen LogP contribution in [0.3, 0.4) is 0 Å². The van der Waals surface area contributed by atoms with Crippen LogP contribution in [0.15, 0.2) is 59.0 Å². The third-order valence-corrected chi connectivity index (χ3v) is 3.90. The van der Waals surface area contributed by atoms with Gasteiger partial charge in [-0.05, 0) is 36.8 Å². The molecule has 3 rings (SSSR count). The molecular formula is C19H19N3O3. The van der Waals surface area contributed by atoms with Gasteiger partial charge < -0.3 is 20.8 Å². The number of hydrogen-bond donors (Lipinski definition) is 3. The Labute approximate surface area is 145 Å². The molecule has 6 nitrogen and oxygen atoms in total. The van der Waals surface area contributed by atoms with Crippen LogP contribution in [-0.4, -0.2) is 11.9 Å². The van der Waals surface area contributed by atoms with Crippen LogP contribution in [0.25, 0.3) is 11.0 Å². The number of nitrogens with one attached hydrogen (secondary N) is 2. The average molecular weight is 337 g/mol. The van der Waals surface area contributed by atoms with Crippen molar-refractivity contribution in [3.05, 3.63) is 71.5 Å². The molecule has 3 aromatic rings. The summed E-state index contributed by atoms with van der Waals surface area (Å²) in [7, 11) is 0. The van der Waals surface area contributed by atoms with Crippen molar-refractivity contribution < 1.29 is 14.0 Å². The lowest BCUT2D eigenvalue weighted by molar-refractivity contribution is 0.0935. The number of carbonyl (C=O) groups excluding carboxylic acids is 2. The summed E-state index contributed by atoms with van der Waals surface area (Å²) in [4.78, 5) is 23.1. The maximum atomic E-state index is 12.4. The van der Waals surface area contributed by atoms with E-state index in [-0.39, 0.29) is 11.9 Å². The summed E-state index contributed by atoms with van der Waals surface area (Å²) in [5.41, 5.74) is 7.22. The maximum absolute atomic E-state index is 12.4. The largest absolute Gasteiger partial charge is 0.459 e. The summed E-state index contributed by atoms with van der Waals surface area (Å²) < 4.78 is 5.77. The number of urea groups is 1. The van der Waals surface area contributed by atoms with Crippen LogP contribution in [0.5, 0.6) is 0 Å². The first-order chi connectivity index (χ1) is 12.0. The molecule has 0 spiro atoms. The number of para-hydroxylation sites is 1. The summed E-state index contributed by atoms with van der Waals surface area (Å²) >= 11 is 0. The molecular weight excluding hydrogens is 318 g/mol. The highest BCUT2D eigenvalue weighted by molar-refractivity contribution is 5.94. The molecule has 1 atom stereocenters. The lowest BCUT2D eigenvalue weighted by atomic mass is 10.1. The van der Waals surface area contributed by atoms with Crippen molar-refractivity contribution in [2.24, 2.45) is 5.73 Å². The molecule has 3 amide bonds. The van der Waals surface area contributed by atoms with E-state index in [1.165, 1.54) is 0 Å². The molecule has 128 valence electrons. The van der Waals surface area contributed by atoms with Crippen LogP contribution in [0, 0.1) is 0 Å². The fourth-order valence-corrected chi connectivity index (χ4v) is 2.53. The van der Waals surface area contributed by atoms with Crippen LogP contribution in [0.4, 0.5) is 4.79 Å². The second kappa shape index (κ2) is 7.09. The molecule has 1 aromatic heterocycles. The predicted molar refractivity (Wildman–Crippen MR) is 95.0 cm³/mol. The fourth-order valence-electron chi connectivity index (χ4n) is 2.53. The van der Waals surface area contributed by atoms with E-state index in [9.17, 15) is 9.59 Å². The van der Waals surface area contributed by atoms with E-state index >= 15 is 0 Å². The Kier molecular flexibility index (Phi) is 4.70. The standard InChI is InChI=1S/C19H19N3O3/c1-12(17-10-15-4-2-3-5-16(15)25-17)22-18(23)14-8-6-13(7-9-14)11-21-19(20)24/h2-10,12H,11H2,1H3,(H,22,23)(H3,20,21,24). The second-order valence-corrected chi connectivity index (χ2v) is 5.80. The van der Waals surface area contributed by atoms with E-state index in [4.69, 9.17) is 10.2 Å². The van der Waals surface area contributed by atoms with Gasteiger partial charge in [0.2, 0.25) is 0 Å². The number of primary amides is 1. The molecule has 2 aromatic carbocycles. The molecule has 0 radical (unpaired) electrons. The van der Waals surface area contributed by atoms with Gasteiger partial charge in [-0.1, -0.05) is 30.3 Å². The molecule has 0 saturated carbocycles. The molecule has 0 aliphatic carbocycles. The van der Waals surface area contributed by atoms with Gasteiger partial charge in [0.05, 0.1) is 6.04 Å². The van der Waals surface area contributed by atoms with Crippen molar-refractivity contribution in [3.63, 3.8) is 0 Å². The van der Waals surface area contributed by atoms with E-state index in [1.807, 2.05) is 37.3 Å². The SMILES string of the molecule is CC(NC(=O)c1ccc(CNC(N)=O)cc1)c1cc2ccccc2o1. The molecule has 4 N–H and O–H groups in total. The number of rotatable bonds is 5. The molecule has 0 fully saturated rings. The van der Waals surface area contributed by atoms with Crippen LogP contribution in [0.1, 0.15) is 34.6 Å². The Bertz CT molecular complexity index is 867. The topological polar surface area (TPSA) is 97.4 Å². The lowest BCUT2D eigenvalue weighted by Crippen LogP contribution is -2.28. The highest BCUT2D eigenvalue weighted by Gasteiger charge is 2.15. The number of carbonyl (C=O) groups is 2. The van der Waals surface area contributed by atoms with Gasteiger partial charge in [-0.25, -0.2) is 4.79 Å². The third-order valence-electron chi connectivity index (χ3n) is 3.90.